The minimum absolute atomic E-state index is 0.180. The van der Waals surface area contributed by atoms with Crippen molar-refractivity contribution in [3.05, 3.63) is 0 Å². The van der Waals surface area contributed by atoms with E-state index in [0.717, 1.165) is 25.7 Å². The molecule has 80 valence electrons. The molecule has 0 unspecified atom stereocenters. The predicted octanol–water partition coefficient (Wildman–Crippen LogP) is 2.92. The third kappa shape index (κ3) is 4.00. The first-order valence-corrected chi connectivity index (χ1v) is 9.44. The lowest BCUT2D eigenvalue weighted by atomic mass is 9.86. The van der Waals surface area contributed by atoms with E-state index >= 15 is 0 Å². The van der Waals surface area contributed by atoms with Gasteiger partial charge in [0.15, 0.2) is 0 Å². The van der Waals surface area contributed by atoms with Gasteiger partial charge in [-0.3, -0.25) is 0 Å². The SMILES string of the molecule is OC1(C#C[Si](Cl)(Cl)CCl)CCCCC1. The average Bonchev–Trinajstić information content (AvgIpc) is 2.17. The summed E-state index contributed by atoms with van der Waals surface area (Å²) in [5.41, 5.74) is 2.07. The third-order valence-corrected chi connectivity index (χ3v) is 6.55. The van der Waals surface area contributed by atoms with Gasteiger partial charge in [-0.25, -0.2) is 0 Å². The molecule has 0 heterocycles. The van der Waals surface area contributed by atoms with Gasteiger partial charge >= 0.3 is 6.69 Å². The smallest absolute Gasteiger partial charge is 0.339 e. The van der Waals surface area contributed by atoms with E-state index in [1.807, 2.05) is 0 Å². The van der Waals surface area contributed by atoms with Gasteiger partial charge in [0.05, 0.1) is 5.50 Å². The fourth-order valence-electron chi connectivity index (χ4n) is 1.50. The van der Waals surface area contributed by atoms with Gasteiger partial charge in [-0.05, 0) is 25.7 Å². The summed E-state index contributed by atoms with van der Waals surface area (Å²) in [5.74, 6) is 2.81. The molecule has 1 saturated carbocycles. The Balaban J connectivity index is 2.64. The summed E-state index contributed by atoms with van der Waals surface area (Å²) in [6.07, 6.45) is 4.65. The lowest BCUT2D eigenvalue weighted by Gasteiger charge is -2.26. The molecule has 0 aromatic carbocycles. The molecule has 1 nitrogen and oxygen atoms in total. The summed E-state index contributed by atoms with van der Waals surface area (Å²) < 4.78 is 0. The molecule has 1 aliphatic carbocycles. The number of rotatable bonds is 1. The van der Waals surface area contributed by atoms with E-state index in [-0.39, 0.29) is 5.50 Å². The van der Waals surface area contributed by atoms with E-state index in [1.165, 1.54) is 6.42 Å². The van der Waals surface area contributed by atoms with Crippen molar-refractivity contribution in [3.63, 3.8) is 0 Å². The van der Waals surface area contributed by atoms with Crippen molar-refractivity contribution in [1.29, 1.82) is 0 Å². The molecule has 5 heteroatoms. The Kier molecular flexibility index (Phi) is 4.61. The van der Waals surface area contributed by atoms with Crippen LogP contribution in [0.2, 0.25) is 0 Å². The third-order valence-electron chi connectivity index (χ3n) is 2.33. The maximum Gasteiger partial charge on any atom is 0.339 e. The Morgan fingerprint density at radius 1 is 1.21 bits per heavy atom. The van der Waals surface area contributed by atoms with Gasteiger partial charge in [-0.2, -0.15) is 0 Å². The van der Waals surface area contributed by atoms with Crippen LogP contribution in [0.15, 0.2) is 0 Å². The zero-order valence-corrected chi connectivity index (χ0v) is 11.1. The molecule has 0 bridgehead atoms. The van der Waals surface area contributed by atoms with Crippen LogP contribution in [0.4, 0.5) is 0 Å². The molecule has 0 aromatic heterocycles. The maximum atomic E-state index is 10.0. The van der Waals surface area contributed by atoms with Crippen LogP contribution in [0.3, 0.4) is 0 Å². The van der Waals surface area contributed by atoms with Crippen LogP contribution in [0.25, 0.3) is 0 Å². The normalized spacial score (nSPS) is 21.1. The van der Waals surface area contributed by atoms with E-state index in [2.05, 4.69) is 11.5 Å². The van der Waals surface area contributed by atoms with Gasteiger partial charge in [0.2, 0.25) is 0 Å². The van der Waals surface area contributed by atoms with Crippen LogP contribution in [0.1, 0.15) is 32.1 Å². The molecule has 0 spiro atoms. The highest BCUT2D eigenvalue weighted by atomic mass is 35.7. The lowest BCUT2D eigenvalue weighted by Crippen LogP contribution is -2.31. The standard InChI is InChI=1S/C9H13Cl3OSi/c10-8-14(11,12)7-6-9(13)4-2-1-3-5-9/h13H,1-5,8H2. The topological polar surface area (TPSA) is 20.2 Å². The summed E-state index contributed by atoms with van der Waals surface area (Å²) >= 11 is 17.3. The van der Waals surface area contributed by atoms with Crippen molar-refractivity contribution in [2.75, 3.05) is 5.50 Å². The molecule has 0 saturated heterocycles. The summed E-state index contributed by atoms with van der Waals surface area (Å²) in [6, 6.07) is 0. The molecule has 1 aliphatic rings. The molecule has 0 atom stereocenters. The second kappa shape index (κ2) is 5.09. The quantitative estimate of drug-likeness (QED) is 0.336. The monoisotopic (exact) mass is 270 g/mol. The fourth-order valence-corrected chi connectivity index (χ4v) is 2.47. The Morgan fingerprint density at radius 3 is 2.29 bits per heavy atom. The van der Waals surface area contributed by atoms with Crippen LogP contribution in [-0.4, -0.2) is 22.9 Å². The van der Waals surface area contributed by atoms with E-state index in [9.17, 15) is 5.11 Å². The van der Waals surface area contributed by atoms with Crippen molar-refractivity contribution in [3.8, 4) is 11.5 Å². The van der Waals surface area contributed by atoms with Crippen molar-refractivity contribution < 1.29 is 5.11 Å². The Morgan fingerprint density at radius 2 is 1.79 bits per heavy atom. The number of aliphatic hydroxyl groups is 1. The number of hydrogen-bond donors (Lipinski definition) is 1. The van der Waals surface area contributed by atoms with Crippen molar-refractivity contribution in [2.45, 2.75) is 37.7 Å². The molecule has 0 aromatic rings. The van der Waals surface area contributed by atoms with Crippen LogP contribution in [0, 0.1) is 11.5 Å². The average molecular weight is 272 g/mol. The van der Waals surface area contributed by atoms with Crippen molar-refractivity contribution in [2.24, 2.45) is 0 Å². The van der Waals surface area contributed by atoms with Gasteiger partial charge in [0.1, 0.15) is 5.60 Å². The minimum Gasteiger partial charge on any atom is -0.378 e. The minimum atomic E-state index is -2.62. The number of hydrogen-bond acceptors (Lipinski definition) is 1. The van der Waals surface area contributed by atoms with Gasteiger partial charge in [-0.1, -0.05) is 17.9 Å². The number of alkyl halides is 1. The summed E-state index contributed by atoms with van der Waals surface area (Å²) in [4.78, 5) is 0. The molecule has 14 heavy (non-hydrogen) atoms. The predicted molar refractivity (Wildman–Crippen MR) is 64.0 cm³/mol. The second-order valence-electron chi connectivity index (χ2n) is 3.68. The van der Waals surface area contributed by atoms with Gasteiger partial charge in [0, 0.05) is 0 Å². The van der Waals surface area contributed by atoms with Crippen molar-refractivity contribution >= 4 is 40.5 Å². The van der Waals surface area contributed by atoms with E-state index in [4.69, 9.17) is 33.8 Å². The second-order valence-corrected chi connectivity index (χ2v) is 10.9. The van der Waals surface area contributed by atoms with Crippen LogP contribution >= 0.6 is 33.8 Å². The van der Waals surface area contributed by atoms with E-state index < -0.39 is 12.3 Å². The largest absolute Gasteiger partial charge is 0.378 e. The van der Waals surface area contributed by atoms with Gasteiger partial charge in [0.25, 0.3) is 0 Å². The van der Waals surface area contributed by atoms with Crippen LogP contribution in [0.5, 0.6) is 0 Å². The molecular weight excluding hydrogens is 259 g/mol. The first kappa shape index (κ1) is 12.7. The van der Waals surface area contributed by atoms with Gasteiger partial charge < -0.3 is 5.11 Å². The summed E-state index contributed by atoms with van der Waals surface area (Å²) in [6.45, 7) is -2.62. The molecule has 0 amide bonds. The van der Waals surface area contributed by atoms with Crippen molar-refractivity contribution in [1.82, 2.24) is 0 Å². The highest BCUT2D eigenvalue weighted by molar-refractivity contribution is 7.50. The molecule has 0 aliphatic heterocycles. The Hall–Kier alpha value is 0.607. The Bertz CT molecular complexity index is 251. The molecule has 0 radical (unpaired) electrons. The first-order valence-electron chi connectivity index (χ1n) is 4.68. The molecule has 1 N–H and O–H groups in total. The highest BCUT2D eigenvalue weighted by Crippen LogP contribution is 2.27. The molecule has 1 rings (SSSR count). The van der Waals surface area contributed by atoms with E-state index in [0.29, 0.717) is 0 Å². The zero-order chi connectivity index (χ0) is 10.7. The Labute approximate surface area is 100 Å². The van der Waals surface area contributed by atoms with Crippen LogP contribution in [-0.2, 0) is 0 Å². The highest BCUT2D eigenvalue weighted by Gasteiger charge is 2.29. The zero-order valence-electron chi connectivity index (χ0n) is 7.82. The number of halogens is 3. The maximum absolute atomic E-state index is 10.0. The molecule has 1 fully saturated rings. The summed E-state index contributed by atoms with van der Waals surface area (Å²) in [7, 11) is 0. The van der Waals surface area contributed by atoms with Gasteiger partial charge in [-0.15, -0.1) is 33.8 Å². The fraction of sp³-hybridized carbons (Fsp3) is 0.778. The summed E-state index contributed by atoms with van der Waals surface area (Å²) in [5, 5.41) is 10.0. The van der Waals surface area contributed by atoms with Crippen LogP contribution < -0.4 is 0 Å². The molecular formula is C9H13Cl3OSi. The first-order chi connectivity index (χ1) is 6.47. The lowest BCUT2D eigenvalue weighted by molar-refractivity contribution is 0.0611. The van der Waals surface area contributed by atoms with E-state index in [1.54, 1.807) is 0 Å².